The van der Waals surface area contributed by atoms with E-state index in [2.05, 4.69) is 32.1 Å². The Kier molecular flexibility index (Phi) is 5.69. The van der Waals surface area contributed by atoms with Gasteiger partial charge in [0.2, 0.25) is 0 Å². The van der Waals surface area contributed by atoms with Gasteiger partial charge in [-0.05, 0) is 55.1 Å². The molecule has 1 saturated carbocycles. The van der Waals surface area contributed by atoms with Crippen LogP contribution in [0.25, 0.3) is 0 Å². The second-order valence-corrected chi connectivity index (χ2v) is 9.54. The highest BCUT2D eigenvalue weighted by atomic mass is 16.6. The van der Waals surface area contributed by atoms with Crippen LogP contribution in [-0.4, -0.2) is 28.8 Å². The summed E-state index contributed by atoms with van der Waals surface area (Å²) in [7, 11) is 0. The van der Waals surface area contributed by atoms with Gasteiger partial charge in [-0.3, -0.25) is 14.9 Å². The van der Waals surface area contributed by atoms with Gasteiger partial charge in [-0.2, -0.15) is 0 Å². The Morgan fingerprint density at radius 3 is 2.58 bits per heavy atom. The smallest absolute Gasteiger partial charge is 0.273 e. The number of amides is 1. The lowest BCUT2D eigenvalue weighted by atomic mass is 9.49. The highest BCUT2D eigenvalue weighted by Gasteiger charge is 2.51. The van der Waals surface area contributed by atoms with E-state index < -0.39 is 4.92 Å². The fourth-order valence-electron chi connectivity index (χ4n) is 5.16. The Balaban J connectivity index is 1.59. The molecule has 2 aromatic rings. The van der Waals surface area contributed by atoms with Gasteiger partial charge in [0.25, 0.3) is 11.6 Å². The molecular weight excluding hydrogens is 388 g/mol. The van der Waals surface area contributed by atoms with Crippen molar-refractivity contribution in [1.29, 1.82) is 0 Å². The normalized spacial score (nSPS) is 21.1. The van der Waals surface area contributed by atoms with Gasteiger partial charge >= 0.3 is 0 Å². The molecule has 0 heterocycles. The number of nitrogens with zero attached hydrogens (tertiary/aromatic N) is 2. The first kappa shape index (κ1) is 21.3. The monoisotopic (exact) mass is 418 g/mol. The zero-order valence-electron chi connectivity index (χ0n) is 18.5. The van der Waals surface area contributed by atoms with E-state index in [1.54, 1.807) is 19.1 Å². The molecule has 5 rings (SSSR count). The fraction of sp³-hybridized carbons (Fsp3) is 0.423. The van der Waals surface area contributed by atoms with E-state index >= 15 is 0 Å². The summed E-state index contributed by atoms with van der Waals surface area (Å²) in [6.07, 6.45) is 5.36. The molecule has 0 N–H and O–H groups in total. The first-order valence-corrected chi connectivity index (χ1v) is 11.0. The molecule has 2 aromatic carbocycles. The standard InChI is InChI=1S/C26H30N2O3/c1-18-9-10-20(15-24(18)28(30)31)25(29)27(14-13-19-7-5-4-6-8-19)17-21-11-12-22-16-23(21)26(22,2)3/h4-11,15,22-23H,12-14,16-17H2,1-3H3. The average molecular weight is 419 g/mol. The molecule has 162 valence electrons. The summed E-state index contributed by atoms with van der Waals surface area (Å²) in [5.41, 5.74) is 3.75. The lowest BCUT2D eigenvalue weighted by Gasteiger charge is -2.57. The van der Waals surface area contributed by atoms with Crippen LogP contribution < -0.4 is 0 Å². The Morgan fingerprint density at radius 1 is 1.19 bits per heavy atom. The molecule has 0 aliphatic heterocycles. The van der Waals surface area contributed by atoms with Gasteiger partial charge in [-0.15, -0.1) is 0 Å². The first-order valence-electron chi connectivity index (χ1n) is 11.0. The van der Waals surface area contributed by atoms with Gasteiger partial charge in [-0.1, -0.05) is 61.9 Å². The fourth-order valence-corrected chi connectivity index (χ4v) is 5.16. The van der Waals surface area contributed by atoms with Gasteiger partial charge in [0, 0.05) is 30.3 Å². The van der Waals surface area contributed by atoms with Crippen LogP contribution in [0.3, 0.4) is 0 Å². The Bertz CT molecular complexity index is 1030. The molecule has 2 unspecified atom stereocenters. The van der Waals surface area contributed by atoms with Gasteiger partial charge in [0.15, 0.2) is 0 Å². The second kappa shape index (κ2) is 8.29. The number of carbonyl (C=O) groups excluding carboxylic acids is 1. The molecular formula is C26H30N2O3. The number of hydrogen-bond donors (Lipinski definition) is 0. The molecule has 3 aliphatic rings. The Labute approximate surface area is 183 Å². The predicted octanol–water partition coefficient (Wildman–Crippen LogP) is 5.58. The third-order valence-corrected chi connectivity index (χ3v) is 7.41. The predicted molar refractivity (Wildman–Crippen MR) is 122 cm³/mol. The summed E-state index contributed by atoms with van der Waals surface area (Å²) in [6.45, 7) is 7.53. The summed E-state index contributed by atoms with van der Waals surface area (Å²) in [6, 6.07) is 14.9. The van der Waals surface area contributed by atoms with Crippen molar-refractivity contribution in [2.24, 2.45) is 17.3 Å². The minimum atomic E-state index is -0.416. The molecule has 31 heavy (non-hydrogen) atoms. The van der Waals surface area contributed by atoms with Crippen LogP contribution in [-0.2, 0) is 6.42 Å². The maximum Gasteiger partial charge on any atom is 0.273 e. The number of nitro groups is 1. The van der Waals surface area contributed by atoms with E-state index in [1.807, 2.05) is 23.1 Å². The van der Waals surface area contributed by atoms with Gasteiger partial charge in [0.05, 0.1) is 4.92 Å². The molecule has 1 amide bonds. The molecule has 0 spiro atoms. The molecule has 5 nitrogen and oxygen atoms in total. The molecule has 0 aromatic heterocycles. The summed E-state index contributed by atoms with van der Waals surface area (Å²) in [5.74, 6) is 1.12. The van der Waals surface area contributed by atoms with Crippen LogP contribution in [0.15, 0.2) is 60.2 Å². The number of aryl methyl sites for hydroxylation is 1. The Hall–Kier alpha value is -2.95. The summed E-state index contributed by atoms with van der Waals surface area (Å²) < 4.78 is 0. The highest BCUT2D eigenvalue weighted by molar-refractivity contribution is 5.95. The van der Waals surface area contributed by atoms with Crippen LogP contribution in [0.5, 0.6) is 0 Å². The number of allylic oxidation sites excluding steroid dienone is 1. The van der Waals surface area contributed by atoms with Crippen LogP contribution in [0.1, 0.15) is 48.2 Å². The molecule has 2 bridgehead atoms. The second-order valence-electron chi connectivity index (χ2n) is 9.54. The van der Waals surface area contributed by atoms with Crippen LogP contribution >= 0.6 is 0 Å². The summed E-state index contributed by atoms with van der Waals surface area (Å²) in [4.78, 5) is 26.3. The number of nitro benzene ring substituents is 1. The number of carbonyl (C=O) groups is 1. The van der Waals surface area contributed by atoms with Crippen molar-refractivity contribution in [3.63, 3.8) is 0 Å². The van der Waals surface area contributed by atoms with E-state index in [0.29, 0.717) is 35.5 Å². The van der Waals surface area contributed by atoms with Crippen LogP contribution in [0.4, 0.5) is 5.69 Å². The average Bonchev–Trinajstić information content (AvgIpc) is 2.77. The molecule has 1 fully saturated rings. The lowest BCUT2D eigenvalue weighted by Crippen LogP contribution is -2.50. The Morgan fingerprint density at radius 2 is 1.94 bits per heavy atom. The van der Waals surface area contributed by atoms with Crippen molar-refractivity contribution in [3.8, 4) is 0 Å². The van der Waals surface area contributed by atoms with Gasteiger partial charge < -0.3 is 4.90 Å². The number of hydrogen-bond acceptors (Lipinski definition) is 3. The zero-order valence-corrected chi connectivity index (χ0v) is 18.5. The van der Waals surface area contributed by atoms with Crippen molar-refractivity contribution in [3.05, 3.63) is 87.0 Å². The van der Waals surface area contributed by atoms with Crippen molar-refractivity contribution in [2.75, 3.05) is 13.1 Å². The van der Waals surface area contributed by atoms with E-state index in [1.165, 1.54) is 23.6 Å². The molecule has 5 heteroatoms. The topological polar surface area (TPSA) is 63.5 Å². The van der Waals surface area contributed by atoms with E-state index in [-0.39, 0.29) is 11.6 Å². The zero-order chi connectivity index (χ0) is 22.2. The largest absolute Gasteiger partial charge is 0.334 e. The summed E-state index contributed by atoms with van der Waals surface area (Å²) >= 11 is 0. The van der Waals surface area contributed by atoms with Gasteiger partial charge in [0.1, 0.15) is 0 Å². The highest BCUT2D eigenvalue weighted by Crippen LogP contribution is 2.59. The van der Waals surface area contributed by atoms with Crippen molar-refractivity contribution in [1.82, 2.24) is 4.90 Å². The molecule has 0 radical (unpaired) electrons. The lowest BCUT2D eigenvalue weighted by molar-refractivity contribution is -0.385. The number of rotatable bonds is 7. The van der Waals surface area contributed by atoms with Crippen LogP contribution in [0, 0.1) is 34.3 Å². The van der Waals surface area contributed by atoms with E-state index in [4.69, 9.17) is 0 Å². The third kappa shape index (κ3) is 4.14. The third-order valence-electron chi connectivity index (χ3n) is 7.41. The quantitative estimate of drug-likeness (QED) is 0.335. The molecule has 2 atom stereocenters. The minimum absolute atomic E-state index is 0.00582. The van der Waals surface area contributed by atoms with E-state index in [9.17, 15) is 14.9 Å². The summed E-state index contributed by atoms with van der Waals surface area (Å²) in [5, 5.41) is 11.4. The number of benzene rings is 2. The SMILES string of the molecule is Cc1ccc(C(=O)N(CCc2ccccc2)CC2=CCC3CC2C3(C)C)cc1[N+](=O)[O-]. The maximum absolute atomic E-state index is 13.5. The van der Waals surface area contributed by atoms with Crippen molar-refractivity contribution in [2.45, 2.75) is 40.0 Å². The van der Waals surface area contributed by atoms with E-state index in [0.717, 1.165) is 18.8 Å². The van der Waals surface area contributed by atoms with Crippen molar-refractivity contribution >= 4 is 11.6 Å². The number of fused-ring (bicyclic) bond motifs is 1. The molecule has 0 saturated heterocycles. The van der Waals surface area contributed by atoms with Crippen molar-refractivity contribution < 1.29 is 9.72 Å². The minimum Gasteiger partial charge on any atom is -0.334 e. The molecule has 3 aliphatic carbocycles. The first-order chi connectivity index (χ1) is 14.8. The maximum atomic E-state index is 13.5. The van der Waals surface area contributed by atoms with Gasteiger partial charge in [-0.25, -0.2) is 0 Å². The van der Waals surface area contributed by atoms with Crippen LogP contribution in [0.2, 0.25) is 0 Å².